The van der Waals surface area contributed by atoms with Gasteiger partial charge in [-0.3, -0.25) is 4.90 Å². The molecule has 5 nitrogen and oxygen atoms in total. The third kappa shape index (κ3) is 5.52. The molecule has 0 bridgehead atoms. The SMILES string of the molecule is Cl.O=S(=O)(NC(CN1CCOCC1)c1ccccc1)c1ccccc1. The number of nitrogens with one attached hydrogen (secondary N) is 1. The molecule has 25 heavy (non-hydrogen) atoms. The molecular formula is C18H23ClN2O3S. The normalized spacial score (nSPS) is 16.8. The quantitative estimate of drug-likeness (QED) is 0.833. The smallest absolute Gasteiger partial charge is 0.241 e. The van der Waals surface area contributed by atoms with Crippen molar-refractivity contribution in [3.63, 3.8) is 0 Å². The van der Waals surface area contributed by atoms with Crippen molar-refractivity contribution in [3.8, 4) is 0 Å². The Bertz CT molecular complexity index is 735. The summed E-state index contributed by atoms with van der Waals surface area (Å²) in [5.41, 5.74) is 0.962. The molecule has 1 aliphatic rings. The second kappa shape index (κ2) is 9.31. The van der Waals surface area contributed by atoms with Crippen molar-refractivity contribution in [2.75, 3.05) is 32.8 Å². The molecule has 1 heterocycles. The number of hydrogen-bond acceptors (Lipinski definition) is 4. The lowest BCUT2D eigenvalue weighted by molar-refractivity contribution is 0.0345. The zero-order chi connectivity index (χ0) is 16.8. The largest absolute Gasteiger partial charge is 0.379 e. The second-order valence-corrected chi connectivity index (χ2v) is 7.52. The van der Waals surface area contributed by atoms with Crippen LogP contribution in [-0.4, -0.2) is 46.2 Å². The molecule has 1 atom stereocenters. The van der Waals surface area contributed by atoms with Gasteiger partial charge < -0.3 is 4.74 Å². The molecule has 3 rings (SSSR count). The molecule has 0 amide bonds. The molecule has 0 saturated carbocycles. The van der Waals surface area contributed by atoms with E-state index < -0.39 is 10.0 Å². The summed E-state index contributed by atoms with van der Waals surface area (Å²) in [5.74, 6) is 0. The standard InChI is InChI=1S/C18H22N2O3S.ClH/c21-24(22,17-9-5-2-6-10-17)19-18(16-7-3-1-4-8-16)15-20-11-13-23-14-12-20;/h1-10,18-19H,11-15H2;1H. The van der Waals surface area contributed by atoms with Gasteiger partial charge in [0, 0.05) is 19.6 Å². The van der Waals surface area contributed by atoms with Crippen molar-refractivity contribution in [1.82, 2.24) is 9.62 Å². The Hall–Kier alpha value is -1.44. The van der Waals surface area contributed by atoms with Gasteiger partial charge in [0.1, 0.15) is 0 Å². The molecule has 1 fully saturated rings. The summed E-state index contributed by atoms with van der Waals surface area (Å²) in [5, 5.41) is 0. The van der Waals surface area contributed by atoms with Gasteiger partial charge in [0.05, 0.1) is 24.2 Å². The summed E-state index contributed by atoms with van der Waals surface area (Å²) in [6.07, 6.45) is 0. The second-order valence-electron chi connectivity index (χ2n) is 5.81. The Balaban J connectivity index is 0.00000225. The van der Waals surface area contributed by atoms with Crippen LogP contribution in [0.4, 0.5) is 0 Å². The van der Waals surface area contributed by atoms with Crippen molar-refractivity contribution in [2.24, 2.45) is 0 Å². The van der Waals surface area contributed by atoms with Crippen molar-refractivity contribution in [2.45, 2.75) is 10.9 Å². The maximum Gasteiger partial charge on any atom is 0.241 e. The van der Waals surface area contributed by atoms with Crippen molar-refractivity contribution >= 4 is 22.4 Å². The number of hydrogen-bond donors (Lipinski definition) is 1. The van der Waals surface area contributed by atoms with Gasteiger partial charge in [0.25, 0.3) is 0 Å². The Labute approximate surface area is 155 Å². The lowest BCUT2D eigenvalue weighted by atomic mass is 10.1. The van der Waals surface area contributed by atoms with Crippen LogP contribution in [0.1, 0.15) is 11.6 Å². The van der Waals surface area contributed by atoms with Gasteiger partial charge in [-0.25, -0.2) is 13.1 Å². The van der Waals surface area contributed by atoms with Crippen LogP contribution in [0, 0.1) is 0 Å². The minimum Gasteiger partial charge on any atom is -0.379 e. The number of rotatable bonds is 6. The van der Waals surface area contributed by atoms with E-state index >= 15 is 0 Å². The number of ether oxygens (including phenoxy) is 1. The van der Waals surface area contributed by atoms with E-state index in [1.54, 1.807) is 30.3 Å². The molecule has 0 aliphatic carbocycles. The molecule has 7 heteroatoms. The molecule has 1 saturated heterocycles. The summed E-state index contributed by atoms with van der Waals surface area (Å²) in [6, 6.07) is 17.9. The lowest BCUT2D eigenvalue weighted by Gasteiger charge is -2.31. The van der Waals surface area contributed by atoms with Crippen LogP contribution in [0.5, 0.6) is 0 Å². The van der Waals surface area contributed by atoms with E-state index in [1.807, 2.05) is 30.3 Å². The highest BCUT2D eigenvalue weighted by molar-refractivity contribution is 7.89. The predicted octanol–water partition coefficient (Wildman–Crippen LogP) is 2.46. The summed E-state index contributed by atoms with van der Waals surface area (Å²) < 4.78 is 33.6. The van der Waals surface area contributed by atoms with Gasteiger partial charge in [-0.1, -0.05) is 48.5 Å². The lowest BCUT2D eigenvalue weighted by Crippen LogP contribution is -2.43. The van der Waals surface area contributed by atoms with Crippen LogP contribution in [-0.2, 0) is 14.8 Å². The van der Waals surface area contributed by atoms with E-state index in [9.17, 15) is 8.42 Å². The molecule has 2 aromatic rings. The van der Waals surface area contributed by atoms with E-state index in [1.165, 1.54) is 0 Å². The maximum atomic E-state index is 12.7. The summed E-state index contributed by atoms with van der Waals surface area (Å²) in [4.78, 5) is 2.52. The molecule has 0 spiro atoms. The van der Waals surface area contributed by atoms with Crippen LogP contribution in [0.15, 0.2) is 65.6 Å². The minimum absolute atomic E-state index is 0. The maximum absolute atomic E-state index is 12.7. The van der Waals surface area contributed by atoms with Crippen LogP contribution < -0.4 is 4.72 Å². The van der Waals surface area contributed by atoms with Crippen LogP contribution in [0.3, 0.4) is 0 Å². The number of halogens is 1. The molecular weight excluding hydrogens is 360 g/mol. The summed E-state index contributed by atoms with van der Waals surface area (Å²) in [6.45, 7) is 3.63. The van der Waals surface area contributed by atoms with Gasteiger partial charge >= 0.3 is 0 Å². The molecule has 2 aromatic carbocycles. The third-order valence-corrected chi connectivity index (χ3v) is 5.58. The van der Waals surface area contributed by atoms with Crippen molar-refractivity contribution in [3.05, 3.63) is 66.2 Å². The highest BCUT2D eigenvalue weighted by Gasteiger charge is 2.24. The monoisotopic (exact) mass is 382 g/mol. The molecule has 1 aliphatic heterocycles. The van der Waals surface area contributed by atoms with Crippen molar-refractivity contribution < 1.29 is 13.2 Å². The van der Waals surface area contributed by atoms with Gasteiger partial charge in [0.2, 0.25) is 10.0 Å². The fourth-order valence-electron chi connectivity index (χ4n) is 2.79. The zero-order valence-electron chi connectivity index (χ0n) is 13.9. The third-order valence-electron chi connectivity index (χ3n) is 4.10. The topological polar surface area (TPSA) is 58.6 Å². The Morgan fingerprint density at radius 1 is 0.960 bits per heavy atom. The first-order valence-electron chi connectivity index (χ1n) is 8.07. The Kier molecular flexibility index (Phi) is 7.40. The first-order chi connectivity index (χ1) is 11.6. The summed E-state index contributed by atoms with van der Waals surface area (Å²) >= 11 is 0. The van der Waals surface area contributed by atoms with E-state index in [4.69, 9.17) is 4.74 Å². The fraction of sp³-hybridized carbons (Fsp3) is 0.333. The van der Waals surface area contributed by atoms with Gasteiger partial charge in [0.15, 0.2) is 0 Å². The number of sulfonamides is 1. The van der Waals surface area contributed by atoms with Gasteiger partial charge in [-0.15, -0.1) is 12.4 Å². The first kappa shape index (κ1) is 19.9. The minimum atomic E-state index is -3.57. The van der Waals surface area contributed by atoms with Gasteiger partial charge in [-0.2, -0.15) is 0 Å². The number of morpholine rings is 1. The van der Waals surface area contributed by atoms with Crippen LogP contribution >= 0.6 is 12.4 Å². The number of nitrogens with zero attached hydrogens (tertiary/aromatic N) is 1. The average Bonchev–Trinajstić information content (AvgIpc) is 2.63. The Morgan fingerprint density at radius 3 is 2.12 bits per heavy atom. The molecule has 1 N–H and O–H groups in total. The van der Waals surface area contributed by atoms with Crippen molar-refractivity contribution in [1.29, 1.82) is 0 Å². The Morgan fingerprint density at radius 2 is 1.52 bits per heavy atom. The van der Waals surface area contributed by atoms with Gasteiger partial charge in [-0.05, 0) is 17.7 Å². The zero-order valence-corrected chi connectivity index (χ0v) is 15.5. The molecule has 0 aromatic heterocycles. The number of benzene rings is 2. The molecule has 136 valence electrons. The first-order valence-corrected chi connectivity index (χ1v) is 9.56. The van der Waals surface area contributed by atoms with E-state index in [0.29, 0.717) is 19.8 Å². The van der Waals surface area contributed by atoms with E-state index in [-0.39, 0.29) is 23.3 Å². The van der Waals surface area contributed by atoms with E-state index in [0.717, 1.165) is 18.7 Å². The molecule has 0 radical (unpaired) electrons. The summed E-state index contributed by atoms with van der Waals surface area (Å²) in [7, 11) is -3.57. The van der Waals surface area contributed by atoms with Crippen LogP contribution in [0.25, 0.3) is 0 Å². The predicted molar refractivity (Wildman–Crippen MR) is 100 cm³/mol. The van der Waals surface area contributed by atoms with Crippen LogP contribution in [0.2, 0.25) is 0 Å². The fourth-order valence-corrected chi connectivity index (χ4v) is 4.03. The average molecular weight is 383 g/mol. The highest BCUT2D eigenvalue weighted by Crippen LogP contribution is 2.19. The molecule has 1 unspecified atom stereocenters. The van der Waals surface area contributed by atoms with E-state index in [2.05, 4.69) is 9.62 Å². The highest BCUT2D eigenvalue weighted by atomic mass is 35.5.